The van der Waals surface area contributed by atoms with Crippen LogP contribution in [-0.4, -0.2) is 18.5 Å². The monoisotopic (exact) mass is 331 g/mol. The number of nitrogens with one attached hydrogen (secondary N) is 2. The van der Waals surface area contributed by atoms with Gasteiger partial charge >= 0.3 is 5.97 Å². The second-order valence-corrected chi connectivity index (χ2v) is 7.68. The van der Waals surface area contributed by atoms with Crippen molar-refractivity contribution in [1.82, 2.24) is 10.9 Å². The largest absolute Gasteiger partial charge is 0.462 e. The van der Waals surface area contributed by atoms with Gasteiger partial charge in [0.25, 0.3) is 0 Å². The third-order valence-electron chi connectivity index (χ3n) is 5.74. The van der Waals surface area contributed by atoms with Crippen LogP contribution in [-0.2, 0) is 14.3 Å². The van der Waals surface area contributed by atoms with Gasteiger partial charge in [0.2, 0.25) is 5.91 Å². The van der Waals surface area contributed by atoms with Crippen LogP contribution in [0.5, 0.6) is 0 Å². The van der Waals surface area contributed by atoms with Gasteiger partial charge in [-0.2, -0.15) is 5.26 Å². The predicted octanol–water partition coefficient (Wildman–Crippen LogP) is 2.18. The number of nitriles is 1. The Kier molecular flexibility index (Phi) is 4.79. The molecule has 0 spiro atoms. The summed E-state index contributed by atoms with van der Waals surface area (Å²) in [6.45, 7) is 1.88. The Morgan fingerprint density at radius 3 is 2.29 bits per heavy atom. The van der Waals surface area contributed by atoms with Crippen molar-refractivity contribution in [3.8, 4) is 6.07 Å². The second kappa shape index (κ2) is 6.84. The molecule has 0 unspecified atom stereocenters. The van der Waals surface area contributed by atoms with Crippen molar-refractivity contribution >= 4 is 11.9 Å². The van der Waals surface area contributed by atoms with Gasteiger partial charge in [-0.1, -0.05) is 0 Å². The molecule has 0 heterocycles. The Morgan fingerprint density at radius 2 is 1.79 bits per heavy atom. The molecule has 6 nitrogen and oxygen atoms in total. The molecule has 0 atom stereocenters. The minimum absolute atomic E-state index is 0.0747. The van der Waals surface area contributed by atoms with Gasteiger partial charge in [0.05, 0.1) is 6.61 Å². The summed E-state index contributed by atoms with van der Waals surface area (Å²) in [5.41, 5.74) is 5.18. The van der Waals surface area contributed by atoms with Gasteiger partial charge in [-0.3, -0.25) is 10.2 Å². The predicted molar refractivity (Wildman–Crippen MR) is 86.8 cm³/mol. The van der Waals surface area contributed by atoms with Crippen molar-refractivity contribution in [3.05, 3.63) is 11.8 Å². The lowest BCUT2D eigenvalue weighted by atomic mass is 9.49. The van der Waals surface area contributed by atoms with Gasteiger partial charge in [0.15, 0.2) is 5.57 Å². The van der Waals surface area contributed by atoms with Crippen molar-refractivity contribution in [3.63, 3.8) is 0 Å². The Morgan fingerprint density at radius 1 is 1.21 bits per heavy atom. The molecule has 4 aliphatic carbocycles. The van der Waals surface area contributed by atoms with Gasteiger partial charge in [-0.15, -0.1) is 0 Å². The maximum atomic E-state index is 12.3. The molecular formula is C18H25N3O3. The van der Waals surface area contributed by atoms with Gasteiger partial charge in [0, 0.05) is 12.6 Å². The summed E-state index contributed by atoms with van der Waals surface area (Å²) < 4.78 is 4.76. The molecule has 2 N–H and O–H groups in total. The summed E-state index contributed by atoms with van der Waals surface area (Å²) in [5, 5.41) is 8.93. The minimum Gasteiger partial charge on any atom is -0.462 e. The number of amides is 1. The quantitative estimate of drug-likeness (QED) is 0.337. The lowest BCUT2D eigenvalue weighted by Gasteiger charge is -2.56. The summed E-state index contributed by atoms with van der Waals surface area (Å²) in [6.07, 6.45) is 9.30. The molecule has 0 aromatic heterocycles. The van der Waals surface area contributed by atoms with E-state index in [0.717, 1.165) is 17.8 Å². The molecule has 0 aromatic carbocycles. The number of nitrogens with zero attached hydrogens (tertiary/aromatic N) is 1. The summed E-state index contributed by atoms with van der Waals surface area (Å²) in [5.74, 6) is 1.67. The first-order valence-corrected chi connectivity index (χ1v) is 8.85. The van der Waals surface area contributed by atoms with Crippen LogP contribution in [0, 0.1) is 34.5 Å². The zero-order valence-electron chi connectivity index (χ0n) is 14.1. The number of hydrazine groups is 1. The van der Waals surface area contributed by atoms with Crippen LogP contribution >= 0.6 is 0 Å². The van der Waals surface area contributed by atoms with Gasteiger partial charge in [-0.25, -0.2) is 4.79 Å². The maximum absolute atomic E-state index is 12.3. The highest BCUT2D eigenvalue weighted by Gasteiger charge is 2.51. The number of hydrogen-bond acceptors (Lipinski definition) is 5. The first-order valence-electron chi connectivity index (χ1n) is 8.85. The molecule has 0 radical (unpaired) electrons. The third-order valence-corrected chi connectivity index (χ3v) is 5.74. The molecule has 1 amide bonds. The summed E-state index contributed by atoms with van der Waals surface area (Å²) in [6, 6.07) is 1.76. The topological polar surface area (TPSA) is 91.2 Å². The van der Waals surface area contributed by atoms with E-state index in [1.807, 2.05) is 0 Å². The average Bonchev–Trinajstić information content (AvgIpc) is 2.49. The van der Waals surface area contributed by atoms with Crippen molar-refractivity contribution in [1.29, 1.82) is 5.26 Å². The lowest BCUT2D eigenvalue weighted by Crippen LogP contribution is -2.48. The number of rotatable bonds is 6. The van der Waals surface area contributed by atoms with E-state index in [0.29, 0.717) is 6.42 Å². The number of carbonyl (C=O) groups excluding carboxylic acids is 2. The fourth-order valence-electron chi connectivity index (χ4n) is 5.43. The van der Waals surface area contributed by atoms with Crippen LogP contribution < -0.4 is 10.9 Å². The fraction of sp³-hybridized carbons (Fsp3) is 0.722. The van der Waals surface area contributed by atoms with Gasteiger partial charge < -0.3 is 10.2 Å². The highest BCUT2D eigenvalue weighted by Crippen LogP contribution is 2.61. The van der Waals surface area contributed by atoms with Crippen LogP contribution in [0.3, 0.4) is 0 Å². The molecule has 130 valence electrons. The van der Waals surface area contributed by atoms with Gasteiger partial charge in [-0.05, 0) is 68.6 Å². The summed E-state index contributed by atoms with van der Waals surface area (Å²) >= 11 is 0. The first-order chi connectivity index (χ1) is 11.5. The molecule has 4 bridgehead atoms. The van der Waals surface area contributed by atoms with E-state index in [1.54, 1.807) is 13.0 Å². The van der Waals surface area contributed by atoms with Crippen molar-refractivity contribution in [2.75, 3.05) is 6.61 Å². The van der Waals surface area contributed by atoms with E-state index in [-0.39, 0.29) is 23.5 Å². The van der Waals surface area contributed by atoms with Crippen molar-refractivity contribution < 1.29 is 14.3 Å². The van der Waals surface area contributed by atoms with E-state index in [1.165, 1.54) is 44.7 Å². The Bertz CT molecular complexity index is 556. The van der Waals surface area contributed by atoms with Crippen LogP contribution in [0.1, 0.15) is 51.9 Å². The smallest absolute Gasteiger partial charge is 0.350 e. The van der Waals surface area contributed by atoms with Gasteiger partial charge in [0.1, 0.15) is 6.07 Å². The minimum atomic E-state index is -0.692. The SMILES string of the molecule is CCOC(=O)/C(C#N)=C/NNC(=O)CC12CC3CC(CC(C3)C1)C2. The first kappa shape index (κ1) is 16.8. The molecule has 4 rings (SSSR count). The molecular weight excluding hydrogens is 306 g/mol. The molecule has 4 fully saturated rings. The van der Waals surface area contributed by atoms with E-state index >= 15 is 0 Å². The molecule has 0 aliphatic heterocycles. The second-order valence-electron chi connectivity index (χ2n) is 7.68. The molecule has 4 aliphatic rings. The number of hydrogen-bond donors (Lipinski definition) is 2. The van der Waals surface area contributed by atoms with Crippen molar-refractivity contribution in [2.24, 2.45) is 23.2 Å². The number of carbonyl (C=O) groups is 2. The Balaban J connectivity index is 1.51. The highest BCUT2D eigenvalue weighted by molar-refractivity contribution is 5.92. The molecule has 0 saturated heterocycles. The van der Waals surface area contributed by atoms with E-state index in [2.05, 4.69) is 10.9 Å². The molecule has 6 heteroatoms. The molecule has 24 heavy (non-hydrogen) atoms. The third kappa shape index (κ3) is 3.55. The van der Waals surface area contributed by atoms with E-state index in [4.69, 9.17) is 10.00 Å². The molecule has 0 aromatic rings. The van der Waals surface area contributed by atoms with Crippen molar-refractivity contribution in [2.45, 2.75) is 51.9 Å². The molecule has 4 saturated carbocycles. The zero-order valence-corrected chi connectivity index (χ0v) is 14.1. The normalized spacial score (nSPS) is 33.7. The number of ether oxygens (including phenoxy) is 1. The standard InChI is InChI=1S/C18H25N3O3/c1-2-24-17(23)15(10-19)11-20-21-16(22)9-18-6-12-3-13(7-18)5-14(4-12)8-18/h11-14,20H,2-9H2,1H3,(H,21,22)/b15-11+. The van der Waals surface area contributed by atoms with E-state index < -0.39 is 5.97 Å². The number of esters is 1. The van der Waals surface area contributed by atoms with Crippen LogP contribution in [0.25, 0.3) is 0 Å². The Hall–Kier alpha value is -2.03. The maximum Gasteiger partial charge on any atom is 0.350 e. The highest BCUT2D eigenvalue weighted by atomic mass is 16.5. The summed E-state index contributed by atoms with van der Waals surface area (Å²) in [7, 11) is 0. The van der Waals surface area contributed by atoms with Crippen LogP contribution in [0.15, 0.2) is 11.8 Å². The lowest BCUT2D eigenvalue weighted by molar-refractivity contribution is -0.138. The van der Waals surface area contributed by atoms with Crippen LogP contribution in [0.4, 0.5) is 0 Å². The summed E-state index contributed by atoms with van der Waals surface area (Å²) in [4.78, 5) is 23.8. The zero-order chi connectivity index (χ0) is 17.2. The fourth-order valence-corrected chi connectivity index (χ4v) is 5.43. The van der Waals surface area contributed by atoms with Crippen LogP contribution in [0.2, 0.25) is 0 Å². The Labute approximate surface area is 142 Å². The average molecular weight is 331 g/mol. The van der Waals surface area contributed by atoms with E-state index in [9.17, 15) is 9.59 Å².